The Morgan fingerprint density at radius 2 is 1.70 bits per heavy atom. The molecule has 2 rings (SSSR count). The van der Waals surface area contributed by atoms with Crippen LogP contribution in [0.15, 0.2) is 24.3 Å². The number of rotatable bonds is 4. The summed E-state index contributed by atoms with van der Waals surface area (Å²) in [5.41, 5.74) is 3.62. The lowest BCUT2D eigenvalue weighted by atomic mass is 9.97. The second kappa shape index (κ2) is 5.67. The summed E-state index contributed by atoms with van der Waals surface area (Å²) >= 11 is 0. The molecule has 4 heteroatoms. The highest BCUT2D eigenvalue weighted by Crippen LogP contribution is 2.32. The van der Waals surface area contributed by atoms with Gasteiger partial charge in [-0.2, -0.15) is 5.10 Å². The number of ether oxygens (including phenoxy) is 1. The van der Waals surface area contributed by atoms with Crippen molar-refractivity contribution in [3.63, 3.8) is 0 Å². The standard InChI is InChI=1S/C16H22N2O2/c1-10(2)12-6-8-13(9-7-12)15(19)14-11(3)17-18(4)16(14)20-5/h6-10,15,19H,1-5H3. The fourth-order valence-corrected chi connectivity index (χ4v) is 2.44. The smallest absolute Gasteiger partial charge is 0.217 e. The van der Waals surface area contributed by atoms with E-state index >= 15 is 0 Å². The van der Waals surface area contributed by atoms with Crippen molar-refractivity contribution in [1.82, 2.24) is 9.78 Å². The summed E-state index contributed by atoms with van der Waals surface area (Å²) in [6.07, 6.45) is -0.722. The first-order chi connectivity index (χ1) is 9.45. The van der Waals surface area contributed by atoms with Gasteiger partial charge in [-0.25, -0.2) is 4.68 Å². The molecule has 1 N–H and O–H groups in total. The predicted octanol–water partition coefficient (Wildman–Crippen LogP) is 2.94. The molecule has 0 amide bonds. The third-order valence-corrected chi connectivity index (χ3v) is 3.60. The highest BCUT2D eigenvalue weighted by Gasteiger charge is 2.22. The number of aliphatic hydroxyl groups is 1. The van der Waals surface area contributed by atoms with Gasteiger partial charge in [-0.1, -0.05) is 38.1 Å². The fourth-order valence-electron chi connectivity index (χ4n) is 2.44. The number of nitrogens with zero attached hydrogens (tertiary/aromatic N) is 2. The minimum absolute atomic E-state index is 0.482. The van der Waals surface area contributed by atoms with Crippen LogP contribution in [-0.4, -0.2) is 22.0 Å². The summed E-state index contributed by atoms with van der Waals surface area (Å²) in [6, 6.07) is 8.04. The lowest BCUT2D eigenvalue weighted by Gasteiger charge is -2.14. The number of methoxy groups -OCH3 is 1. The molecular formula is C16H22N2O2. The number of aliphatic hydroxyl groups excluding tert-OH is 1. The molecule has 1 heterocycles. The van der Waals surface area contributed by atoms with Gasteiger partial charge in [-0.05, 0) is 24.0 Å². The summed E-state index contributed by atoms with van der Waals surface area (Å²) < 4.78 is 6.99. The van der Waals surface area contributed by atoms with Crippen molar-refractivity contribution in [2.45, 2.75) is 32.8 Å². The maximum Gasteiger partial charge on any atom is 0.217 e. The zero-order valence-corrected chi connectivity index (χ0v) is 12.7. The van der Waals surface area contributed by atoms with E-state index in [-0.39, 0.29) is 0 Å². The Morgan fingerprint density at radius 1 is 1.15 bits per heavy atom. The molecule has 0 aliphatic heterocycles. The van der Waals surface area contributed by atoms with Crippen molar-refractivity contribution in [3.05, 3.63) is 46.6 Å². The molecule has 1 unspecified atom stereocenters. The molecule has 2 aromatic rings. The Labute approximate surface area is 120 Å². The maximum absolute atomic E-state index is 10.6. The molecule has 1 aromatic carbocycles. The zero-order chi connectivity index (χ0) is 14.9. The fraction of sp³-hybridized carbons (Fsp3) is 0.438. The van der Waals surface area contributed by atoms with Crippen LogP contribution in [0, 0.1) is 6.92 Å². The van der Waals surface area contributed by atoms with Gasteiger partial charge in [-0.3, -0.25) is 0 Å². The molecule has 0 saturated heterocycles. The summed E-state index contributed by atoms with van der Waals surface area (Å²) in [7, 11) is 3.40. The number of aryl methyl sites for hydroxylation is 2. The molecule has 0 bridgehead atoms. The topological polar surface area (TPSA) is 47.3 Å². The third-order valence-electron chi connectivity index (χ3n) is 3.60. The minimum Gasteiger partial charge on any atom is -0.481 e. The second-order valence-corrected chi connectivity index (χ2v) is 5.36. The molecular weight excluding hydrogens is 252 g/mol. The van der Waals surface area contributed by atoms with Crippen LogP contribution >= 0.6 is 0 Å². The first-order valence-corrected chi connectivity index (χ1v) is 6.81. The van der Waals surface area contributed by atoms with Crippen LogP contribution in [0.5, 0.6) is 5.88 Å². The van der Waals surface area contributed by atoms with E-state index in [1.807, 2.05) is 26.1 Å². The van der Waals surface area contributed by atoms with Gasteiger partial charge in [0.15, 0.2) is 0 Å². The van der Waals surface area contributed by atoms with Crippen molar-refractivity contribution in [1.29, 1.82) is 0 Å². The van der Waals surface area contributed by atoms with Crippen molar-refractivity contribution in [2.75, 3.05) is 7.11 Å². The Kier molecular flexibility index (Phi) is 4.14. The average molecular weight is 274 g/mol. The molecule has 1 aromatic heterocycles. The molecule has 4 nitrogen and oxygen atoms in total. The van der Waals surface area contributed by atoms with Crippen LogP contribution < -0.4 is 4.74 Å². The van der Waals surface area contributed by atoms with Crippen molar-refractivity contribution >= 4 is 0 Å². The summed E-state index contributed by atoms with van der Waals surface area (Å²) in [5.74, 6) is 1.08. The van der Waals surface area contributed by atoms with E-state index in [0.29, 0.717) is 11.8 Å². The molecule has 0 aliphatic rings. The summed E-state index contributed by atoms with van der Waals surface area (Å²) in [6.45, 7) is 6.18. The van der Waals surface area contributed by atoms with Crippen molar-refractivity contribution in [2.24, 2.45) is 7.05 Å². The van der Waals surface area contributed by atoms with Gasteiger partial charge in [0.05, 0.1) is 18.4 Å². The normalized spacial score (nSPS) is 12.8. The van der Waals surface area contributed by atoms with E-state index in [2.05, 4.69) is 31.1 Å². The highest BCUT2D eigenvalue weighted by atomic mass is 16.5. The summed E-state index contributed by atoms with van der Waals surface area (Å²) in [4.78, 5) is 0. The highest BCUT2D eigenvalue weighted by molar-refractivity contribution is 5.40. The third kappa shape index (κ3) is 2.56. The maximum atomic E-state index is 10.6. The average Bonchev–Trinajstić information content (AvgIpc) is 2.72. The molecule has 108 valence electrons. The molecule has 0 radical (unpaired) electrons. The Hall–Kier alpha value is -1.81. The molecule has 0 fully saturated rings. The quantitative estimate of drug-likeness (QED) is 0.932. The van der Waals surface area contributed by atoms with Gasteiger partial charge in [-0.15, -0.1) is 0 Å². The van der Waals surface area contributed by atoms with Crippen LogP contribution in [0.1, 0.15) is 48.3 Å². The minimum atomic E-state index is -0.722. The van der Waals surface area contributed by atoms with Crippen LogP contribution in [0.2, 0.25) is 0 Å². The number of hydrogen-bond donors (Lipinski definition) is 1. The van der Waals surface area contributed by atoms with E-state index < -0.39 is 6.10 Å². The van der Waals surface area contributed by atoms with Gasteiger partial charge in [0.1, 0.15) is 6.10 Å². The van der Waals surface area contributed by atoms with Gasteiger partial charge in [0, 0.05) is 7.05 Å². The molecule has 20 heavy (non-hydrogen) atoms. The van der Waals surface area contributed by atoms with Crippen LogP contribution in [0.3, 0.4) is 0 Å². The van der Waals surface area contributed by atoms with Crippen LogP contribution in [-0.2, 0) is 7.05 Å². The van der Waals surface area contributed by atoms with E-state index in [0.717, 1.165) is 16.8 Å². The van der Waals surface area contributed by atoms with Gasteiger partial charge < -0.3 is 9.84 Å². The number of aromatic nitrogens is 2. The molecule has 0 spiro atoms. The SMILES string of the molecule is COc1c(C(O)c2ccc(C(C)C)cc2)c(C)nn1C. The predicted molar refractivity (Wildman–Crippen MR) is 79.1 cm³/mol. The molecule has 0 saturated carbocycles. The zero-order valence-electron chi connectivity index (χ0n) is 12.7. The monoisotopic (exact) mass is 274 g/mol. The van der Waals surface area contributed by atoms with E-state index in [4.69, 9.17) is 4.74 Å². The second-order valence-electron chi connectivity index (χ2n) is 5.36. The summed E-state index contributed by atoms with van der Waals surface area (Å²) in [5, 5.41) is 14.9. The van der Waals surface area contributed by atoms with Gasteiger partial charge in [0.25, 0.3) is 0 Å². The first-order valence-electron chi connectivity index (χ1n) is 6.81. The van der Waals surface area contributed by atoms with Crippen molar-refractivity contribution in [3.8, 4) is 5.88 Å². The lowest BCUT2D eigenvalue weighted by Crippen LogP contribution is -2.04. The Bertz CT molecular complexity index is 585. The van der Waals surface area contributed by atoms with Crippen LogP contribution in [0.25, 0.3) is 0 Å². The largest absolute Gasteiger partial charge is 0.481 e. The van der Waals surface area contributed by atoms with Crippen LogP contribution in [0.4, 0.5) is 0 Å². The lowest BCUT2D eigenvalue weighted by molar-refractivity contribution is 0.213. The first kappa shape index (κ1) is 14.6. The molecule has 1 atom stereocenters. The van der Waals surface area contributed by atoms with Gasteiger partial charge in [0.2, 0.25) is 5.88 Å². The van der Waals surface area contributed by atoms with Gasteiger partial charge >= 0.3 is 0 Å². The number of benzene rings is 1. The van der Waals surface area contributed by atoms with E-state index in [9.17, 15) is 5.11 Å². The Morgan fingerprint density at radius 3 is 2.20 bits per heavy atom. The van der Waals surface area contributed by atoms with E-state index in [1.165, 1.54) is 5.56 Å². The molecule has 0 aliphatic carbocycles. The van der Waals surface area contributed by atoms with E-state index in [1.54, 1.807) is 11.8 Å². The number of hydrogen-bond acceptors (Lipinski definition) is 3. The van der Waals surface area contributed by atoms with Crippen molar-refractivity contribution < 1.29 is 9.84 Å². The Balaban J connectivity index is 2.38.